The summed E-state index contributed by atoms with van der Waals surface area (Å²) >= 11 is 5.63. The van der Waals surface area contributed by atoms with Crippen LogP contribution in [0, 0.1) is 13.8 Å². The molecule has 0 aliphatic heterocycles. The molecule has 17 heavy (non-hydrogen) atoms. The first-order valence-corrected chi connectivity index (χ1v) is 7.54. The fraction of sp³-hybridized carbons (Fsp3) is 0.500. The molecular formula is C12H18ClNO2S. The van der Waals surface area contributed by atoms with E-state index in [9.17, 15) is 8.42 Å². The van der Waals surface area contributed by atoms with Gasteiger partial charge >= 0.3 is 0 Å². The van der Waals surface area contributed by atoms with E-state index in [0.717, 1.165) is 11.1 Å². The van der Waals surface area contributed by atoms with Gasteiger partial charge in [0.2, 0.25) is 10.0 Å². The normalized spacial score (nSPS) is 12.1. The molecule has 0 radical (unpaired) electrons. The summed E-state index contributed by atoms with van der Waals surface area (Å²) in [6.45, 7) is 6.28. The maximum Gasteiger partial charge on any atom is 0.243 e. The van der Waals surface area contributed by atoms with Gasteiger partial charge < -0.3 is 0 Å². The van der Waals surface area contributed by atoms with E-state index in [-0.39, 0.29) is 0 Å². The van der Waals surface area contributed by atoms with Crippen molar-refractivity contribution in [1.82, 2.24) is 4.31 Å². The molecule has 0 saturated heterocycles. The van der Waals surface area contributed by atoms with Crippen molar-refractivity contribution in [1.29, 1.82) is 0 Å². The van der Waals surface area contributed by atoms with Crippen molar-refractivity contribution in [2.24, 2.45) is 0 Å². The minimum Gasteiger partial charge on any atom is -0.207 e. The van der Waals surface area contributed by atoms with Gasteiger partial charge in [0.15, 0.2) is 0 Å². The molecule has 0 saturated carbocycles. The predicted molar refractivity (Wildman–Crippen MR) is 71.1 cm³/mol. The molecule has 0 aliphatic rings. The van der Waals surface area contributed by atoms with Gasteiger partial charge in [-0.05, 0) is 31.0 Å². The highest BCUT2D eigenvalue weighted by molar-refractivity contribution is 7.89. The molecule has 5 heteroatoms. The number of nitrogens with zero attached hydrogens (tertiary/aromatic N) is 1. The Morgan fingerprint density at radius 2 is 1.94 bits per heavy atom. The van der Waals surface area contributed by atoms with Gasteiger partial charge in [-0.3, -0.25) is 0 Å². The zero-order chi connectivity index (χ0) is 13.1. The topological polar surface area (TPSA) is 37.4 Å². The number of halogens is 1. The number of benzene rings is 1. The number of hydrogen-bond donors (Lipinski definition) is 0. The summed E-state index contributed by atoms with van der Waals surface area (Å²) in [6.07, 6.45) is 0. The highest BCUT2D eigenvalue weighted by Gasteiger charge is 2.24. The summed E-state index contributed by atoms with van der Waals surface area (Å²) in [4.78, 5) is 0.379. The molecule has 0 bridgehead atoms. The van der Waals surface area contributed by atoms with Crippen LogP contribution in [-0.2, 0) is 10.0 Å². The summed E-state index contributed by atoms with van der Waals surface area (Å²) in [5.41, 5.74) is 1.71. The van der Waals surface area contributed by atoms with E-state index in [1.54, 1.807) is 13.0 Å². The average molecular weight is 276 g/mol. The molecule has 0 heterocycles. The zero-order valence-electron chi connectivity index (χ0n) is 10.4. The molecule has 0 atom stereocenters. The summed E-state index contributed by atoms with van der Waals surface area (Å²) in [5, 5.41) is 0. The van der Waals surface area contributed by atoms with Crippen molar-refractivity contribution in [3.8, 4) is 0 Å². The lowest BCUT2D eigenvalue weighted by Gasteiger charge is -2.20. The van der Waals surface area contributed by atoms with Crippen LogP contribution in [0.2, 0.25) is 0 Å². The molecule has 0 spiro atoms. The van der Waals surface area contributed by atoms with E-state index < -0.39 is 10.0 Å². The van der Waals surface area contributed by atoms with Gasteiger partial charge in [0.05, 0.1) is 4.90 Å². The van der Waals surface area contributed by atoms with Crippen LogP contribution >= 0.6 is 11.6 Å². The summed E-state index contributed by atoms with van der Waals surface area (Å²) in [6, 6.07) is 5.45. The van der Waals surface area contributed by atoms with E-state index in [0.29, 0.717) is 23.9 Å². The van der Waals surface area contributed by atoms with E-state index in [1.165, 1.54) is 4.31 Å². The quantitative estimate of drug-likeness (QED) is 0.775. The number of alkyl halides is 1. The van der Waals surface area contributed by atoms with Crippen LogP contribution in [0.1, 0.15) is 18.1 Å². The minimum absolute atomic E-state index is 0.304. The van der Waals surface area contributed by atoms with Crippen molar-refractivity contribution >= 4 is 21.6 Å². The first-order valence-electron chi connectivity index (χ1n) is 5.56. The SMILES string of the molecule is CCN(CCCl)S(=O)(=O)c1cc(C)ccc1C. The third kappa shape index (κ3) is 3.21. The highest BCUT2D eigenvalue weighted by Crippen LogP contribution is 2.21. The summed E-state index contributed by atoms with van der Waals surface area (Å²) in [5.74, 6) is 0.304. The van der Waals surface area contributed by atoms with Crippen LogP contribution in [0.5, 0.6) is 0 Å². The maximum absolute atomic E-state index is 12.4. The van der Waals surface area contributed by atoms with Gasteiger partial charge in [-0.1, -0.05) is 19.1 Å². The van der Waals surface area contributed by atoms with E-state index in [1.807, 2.05) is 26.0 Å². The van der Waals surface area contributed by atoms with Crippen molar-refractivity contribution in [2.75, 3.05) is 19.0 Å². The van der Waals surface area contributed by atoms with Crippen LogP contribution in [0.3, 0.4) is 0 Å². The second kappa shape index (κ2) is 5.85. The zero-order valence-corrected chi connectivity index (χ0v) is 12.0. The predicted octanol–water partition coefficient (Wildman–Crippen LogP) is 2.55. The molecule has 1 aromatic rings. The fourth-order valence-corrected chi connectivity index (χ4v) is 3.73. The van der Waals surface area contributed by atoms with Crippen LogP contribution in [0.15, 0.2) is 23.1 Å². The Kier molecular flexibility index (Phi) is 4.98. The molecule has 1 aromatic carbocycles. The summed E-state index contributed by atoms with van der Waals surface area (Å²) in [7, 11) is -3.42. The number of rotatable bonds is 5. The van der Waals surface area contributed by atoms with E-state index in [4.69, 9.17) is 11.6 Å². The third-order valence-electron chi connectivity index (χ3n) is 2.65. The van der Waals surface area contributed by atoms with Crippen LogP contribution in [0.25, 0.3) is 0 Å². The largest absolute Gasteiger partial charge is 0.243 e. The Bertz CT molecular complexity index is 485. The second-order valence-electron chi connectivity index (χ2n) is 3.95. The van der Waals surface area contributed by atoms with Gasteiger partial charge in [0.25, 0.3) is 0 Å². The fourth-order valence-electron chi connectivity index (χ4n) is 1.67. The Hall–Kier alpha value is -0.580. The summed E-state index contributed by atoms with van der Waals surface area (Å²) < 4.78 is 26.2. The number of sulfonamides is 1. The van der Waals surface area contributed by atoms with E-state index in [2.05, 4.69) is 0 Å². The van der Waals surface area contributed by atoms with Crippen LogP contribution < -0.4 is 0 Å². The Morgan fingerprint density at radius 3 is 2.47 bits per heavy atom. The van der Waals surface area contributed by atoms with Gasteiger partial charge in [0, 0.05) is 19.0 Å². The highest BCUT2D eigenvalue weighted by atomic mass is 35.5. The van der Waals surface area contributed by atoms with Crippen molar-refractivity contribution in [3.63, 3.8) is 0 Å². The molecule has 1 rings (SSSR count). The molecule has 0 unspecified atom stereocenters. The number of aryl methyl sites for hydroxylation is 2. The lowest BCUT2D eigenvalue weighted by Crippen LogP contribution is -2.33. The molecule has 96 valence electrons. The second-order valence-corrected chi connectivity index (χ2v) is 6.24. The standard InChI is InChI=1S/C12H18ClNO2S/c1-4-14(8-7-13)17(15,16)12-9-10(2)5-6-11(12)3/h5-6,9H,4,7-8H2,1-3H3. The molecule has 0 amide bonds. The lowest BCUT2D eigenvalue weighted by atomic mass is 10.2. The van der Waals surface area contributed by atoms with Gasteiger partial charge in [-0.25, -0.2) is 8.42 Å². The number of hydrogen-bond acceptors (Lipinski definition) is 2. The Morgan fingerprint density at radius 1 is 1.29 bits per heavy atom. The van der Waals surface area contributed by atoms with E-state index >= 15 is 0 Å². The van der Waals surface area contributed by atoms with Crippen LogP contribution in [-0.4, -0.2) is 31.7 Å². The van der Waals surface area contributed by atoms with Crippen molar-refractivity contribution in [2.45, 2.75) is 25.7 Å². The van der Waals surface area contributed by atoms with Crippen molar-refractivity contribution in [3.05, 3.63) is 29.3 Å². The minimum atomic E-state index is -3.42. The first kappa shape index (κ1) is 14.5. The Balaban J connectivity index is 3.24. The molecule has 3 nitrogen and oxygen atoms in total. The average Bonchev–Trinajstić information content (AvgIpc) is 2.28. The van der Waals surface area contributed by atoms with Crippen molar-refractivity contribution < 1.29 is 8.42 Å². The van der Waals surface area contributed by atoms with Gasteiger partial charge in [-0.15, -0.1) is 11.6 Å². The Labute approximate surface area is 108 Å². The van der Waals surface area contributed by atoms with Crippen LogP contribution in [0.4, 0.5) is 0 Å². The molecule has 0 aliphatic carbocycles. The molecule has 0 fully saturated rings. The lowest BCUT2D eigenvalue weighted by molar-refractivity contribution is 0.446. The first-order chi connectivity index (χ1) is 7.93. The maximum atomic E-state index is 12.4. The van der Waals surface area contributed by atoms with Gasteiger partial charge in [0.1, 0.15) is 0 Å². The third-order valence-corrected chi connectivity index (χ3v) is 4.93. The molecular weight excluding hydrogens is 258 g/mol. The molecule has 0 aromatic heterocycles. The van der Waals surface area contributed by atoms with Gasteiger partial charge in [-0.2, -0.15) is 4.31 Å². The monoisotopic (exact) mass is 275 g/mol. The molecule has 0 N–H and O–H groups in total. The smallest absolute Gasteiger partial charge is 0.207 e.